The molecule has 0 heterocycles. The predicted octanol–water partition coefficient (Wildman–Crippen LogP) is 2.74. The van der Waals surface area contributed by atoms with Gasteiger partial charge in [0, 0.05) is 10.7 Å². The first-order valence-corrected chi connectivity index (χ1v) is 7.19. The van der Waals surface area contributed by atoms with Crippen LogP contribution in [-0.2, 0) is 9.53 Å². The van der Waals surface area contributed by atoms with Crippen LogP contribution in [-0.4, -0.2) is 23.7 Å². The van der Waals surface area contributed by atoms with Crippen molar-refractivity contribution in [2.75, 3.05) is 6.61 Å². The predicted molar refractivity (Wildman–Crippen MR) is 82.5 cm³/mol. The zero-order chi connectivity index (χ0) is 12.3. The molecule has 4 nitrogen and oxygen atoms in total. The molecular formula is C9H5I3O4. The summed E-state index contributed by atoms with van der Waals surface area (Å²) in [7, 11) is 0. The van der Waals surface area contributed by atoms with Crippen LogP contribution in [0.4, 0.5) is 0 Å². The fraction of sp³-hybridized carbons (Fsp3) is 0.111. The van der Waals surface area contributed by atoms with Crippen molar-refractivity contribution in [2.24, 2.45) is 0 Å². The van der Waals surface area contributed by atoms with E-state index in [1.54, 1.807) is 0 Å². The van der Waals surface area contributed by atoms with E-state index in [1.807, 2.05) is 57.3 Å². The molecule has 0 saturated carbocycles. The first-order valence-electron chi connectivity index (χ1n) is 3.95. The average Bonchev–Trinajstić information content (AvgIpc) is 2.12. The molecule has 0 bridgehead atoms. The van der Waals surface area contributed by atoms with Crippen LogP contribution in [0, 0.1) is 10.7 Å². The highest BCUT2D eigenvalue weighted by molar-refractivity contribution is 14.1. The van der Waals surface area contributed by atoms with E-state index in [-0.39, 0.29) is 0 Å². The summed E-state index contributed by atoms with van der Waals surface area (Å²) in [6.45, 7) is -0.614. The lowest BCUT2D eigenvalue weighted by molar-refractivity contribution is -0.140. The first-order chi connectivity index (χ1) is 7.41. The van der Waals surface area contributed by atoms with Gasteiger partial charge in [-0.25, -0.2) is 9.59 Å². The maximum atomic E-state index is 11.6. The van der Waals surface area contributed by atoms with Crippen LogP contribution in [0.25, 0.3) is 0 Å². The second-order valence-electron chi connectivity index (χ2n) is 2.71. The number of carboxylic acid groups (broad SMARTS) is 1. The number of halogens is 3. The van der Waals surface area contributed by atoms with Crippen molar-refractivity contribution in [3.8, 4) is 0 Å². The lowest BCUT2D eigenvalue weighted by atomic mass is 10.2. The van der Waals surface area contributed by atoms with E-state index in [4.69, 9.17) is 5.11 Å². The molecule has 0 unspecified atom stereocenters. The molecule has 0 radical (unpaired) electrons. The molecule has 0 aliphatic carbocycles. The summed E-state index contributed by atoms with van der Waals surface area (Å²) in [5.41, 5.74) is 0.419. The maximum Gasteiger partial charge on any atom is 0.341 e. The summed E-state index contributed by atoms with van der Waals surface area (Å²) in [4.78, 5) is 21.9. The van der Waals surface area contributed by atoms with Crippen molar-refractivity contribution in [3.05, 3.63) is 28.4 Å². The summed E-state index contributed by atoms with van der Waals surface area (Å²) >= 11 is 6.20. The number of carbonyl (C=O) groups excluding carboxylic acids is 1. The van der Waals surface area contributed by atoms with Gasteiger partial charge in [-0.2, -0.15) is 0 Å². The molecule has 0 atom stereocenters. The van der Waals surface area contributed by atoms with Gasteiger partial charge in [0.15, 0.2) is 6.61 Å². The number of esters is 1. The fourth-order valence-electron chi connectivity index (χ4n) is 0.937. The van der Waals surface area contributed by atoms with Crippen LogP contribution in [0.15, 0.2) is 12.1 Å². The van der Waals surface area contributed by atoms with Crippen LogP contribution in [0.2, 0.25) is 0 Å². The van der Waals surface area contributed by atoms with E-state index >= 15 is 0 Å². The zero-order valence-electron chi connectivity index (χ0n) is 7.67. The first kappa shape index (κ1) is 14.4. The zero-order valence-corrected chi connectivity index (χ0v) is 14.1. The van der Waals surface area contributed by atoms with Gasteiger partial charge in [0.2, 0.25) is 0 Å². The molecule has 0 fully saturated rings. The second-order valence-corrected chi connectivity index (χ2v) is 6.28. The molecule has 0 aromatic heterocycles. The van der Waals surface area contributed by atoms with E-state index in [1.165, 1.54) is 0 Å². The van der Waals surface area contributed by atoms with Crippen LogP contribution in [0.5, 0.6) is 0 Å². The molecule has 1 rings (SSSR count). The Labute approximate surface area is 133 Å². The normalized spacial score (nSPS) is 9.94. The summed E-state index contributed by atoms with van der Waals surface area (Å²) in [6, 6.07) is 3.67. The monoisotopic (exact) mass is 558 g/mol. The lowest BCUT2D eigenvalue weighted by Crippen LogP contribution is -2.15. The highest BCUT2D eigenvalue weighted by Crippen LogP contribution is 2.23. The standard InChI is InChI=1S/C9H5I3O4/c10-4-1-5(11)8(6(12)2-4)9(15)16-3-7(13)14/h1-2H,3H2,(H,13,14). The minimum Gasteiger partial charge on any atom is -0.479 e. The van der Waals surface area contributed by atoms with Gasteiger partial charge in [0.25, 0.3) is 0 Å². The van der Waals surface area contributed by atoms with Gasteiger partial charge >= 0.3 is 11.9 Å². The quantitative estimate of drug-likeness (QED) is 0.459. The Balaban J connectivity index is 2.95. The third-order valence-electron chi connectivity index (χ3n) is 1.54. The number of hydrogen-bond acceptors (Lipinski definition) is 3. The maximum absolute atomic E-state index is 11.6. The molecule has 1 N–H and O–H groups in total. The Bertz CT molecular complexity index is 421. The molecule has 0 amide bonds. The second kappa shape index (κ2) is 6.33. The highest BCUT2D eigenvalue weighted by atomic mass is 127. The minimum atomic E-state index is -1.16. The van der Waals surface area contributed by atoms with Crippen molar-refractivity contribution in [3.63, 3.8) is 0 Å². The molecule has 16 heavy (non-hydrogen) atoms. The van der Waals surface area contributed by atoms with Gasteiger partial charge in [-0.05, 0) is 79.9 Å². The number of aliphatic carboxylic acids is 1. The molecule has 0 aliphatic rings. The molecular weight excluding hydrogens is 553 g/mol. The van der Waals surface area contributed by atoms with Crippen molar-refractivity contribution < 1.29 is 19.4 Å². The van der Waals surface area contributed by atoms with Gasteiger partial charge in [-0.15, -0.1) is 0 Å². The molecule has 1 aromatic carbocycles. The largest absolute Gasteiger partial charge is 0.479 e. The Hall–Kier alpha value is 0.350. The average molecular weight is 558 g/mol. The van der Waals surface area contributed by atoms with E-state index in [2.05, 4.69) is 27.3 Å². The van der Waals surface area contributed by atoms with Crippen LogP contribution in [0.3, 0.4) is 0 Å². The molecule has 1 aromatic rings. The number of ether oxygens (including phenoxy) is 1. The topological polar surface area (TPSA) is 63.6 Å². The summed E-state index contributed by atoms with van der Waals surface area (Å²) in [6.07, 6.45) is 0. The van der Waals surface area contributed by atoms with Gasteiger partial charge < -0.3 is 9.84 Å². The Kier molecular flexibility index (Phi) is 5.70. The molecule has 0 saturated heterocycles. The lowest BCUT2D eigenvalue weighted by Gasteiger charge is -2.07. The molecule has 86 valence electrons. The fourth-order valence-corrected chi connectivity index (χ4v) is 4.96. The summed E-state index contributed by atoms with van der Waals surface area (Å²) in [5, 5.41) is 8.41. The molecule has 7 heteroatoms. The van der Waals surface area contributed by atoms with Crippen LogP contribution >= 0.6 is 67.8 Å². The minimum absolute atomic E-state index is 0.419. The molecule has 0 aliphatic heterocycles. The van der Waals surface area contributed by atoms with Gasteiger partial charge in [-0.1, -0.05) is 0 Å². The Morgan fingerprint density at radius 2 is 1.69 bits per heavy atom. The third-order valence-corrected chi connectivity index (χ3v) is 3.86. The number of rotatable bonds is 3. The van der Waals surface area contributed by atoms with E-state index in [0.717, 1.165) is 10.7 Å². The third kappa shape index (κ3) is 3.98. The number of benzene rings is 1. The molecule has 0 spiro atoms. The number of hydrogen-bond donors (Lipinski definition) is 1. The van der Waals surface area contributed by atoms with E-state index in [9.17, 15) is 9.59 Å². The van der Waals surface area contributed by atoms with Gasteiger partial charge in [-0.3, -0.25) is 0 Å². The van der Waals surface area contributed by atoms with Gasteiger partial charge in [0.1, 0.15) is 0 Å². The van der Waals surface area contributed by atoms with Crippen molar-refractivity contribution in [2.45, 2.75) is 0 Å². The van der Waals surface area contributed by atoms with Crippen LogP contribution < -0.4 is 0 Å². The Morgan fingerprint density at radius 1 is 1.19 bits per heavy atom. The summed E-state index contributed by atoms with van der Waals surface area (Å²) < 4.78 is 7.16. The van der Waals surface area contributed by atoms with Crippen molar-refractivity contribution in [1.29, 1.82) is 0 Å². The smallest absolute Gasteiger partial charge is 0.341 e. The van der Waals surface area contributed by atoms with Crippen molar-refractivity contribution >= 4 is 79.7 Å². The van der Waals surface area contributed by atoms with E-state index < -0.39 is 18.5 Å². The highest BCUT2D eigenvalue weighted by Gasteiger charge is 2.17. The van der Waals surface area contributed by atoms with Crippen molar-refractivity contribution in [1.82, 2.24) is 0 Å². The van der Waals surface area contributed by atoms with Gasteiger partial charge in [0.05, 0.1) is 5.56 Å². The Morgan fingerprint density at radius 3 is 2.12 bits per heavy atom. The SMILES string of the molecule is O=C(O)COC(=O)c1c(I)cc(I)cc1I. The number of carboxylic acids is 1. The number of carbonyl (C=O) groups is 2. The summed E-state index contributed by atoms with van der Waals surface area (Å²) in [5.74, 6) is -1.77. The van der Waals surface area contributed by atoms with Crippen LogP contribution in [0.1, 0.15) is 10.4 Å². The van der Waals surface area contributed by atoms with E-state index in [0.29, 0.717) is 5.56 Å².